The molecular weight excluding hydrogens is 242 g/mol. The Balaban J connectivity index is 2.03. The summed E-state index contributed by atoms with van der Waals surface area (Å²) in [7, 11) is 2.21. The molecule has 3 nitrogen and oxygen atoms in total. The molecule has 1 aromatic rings. The van der Waals surface area contributed by atoms with Crippen LogP contribution in [0, 0.1) is 6.92 Å². The number of aryl methyl sites for hydroxylation is 2. The average Bonchev–Trinajstić information content (AvgIpc) is 2.68. The monoisotopic (exact) mass is 267 g/mol. The summed E-state index contributed by atoms with van der Waals surface area (Å²) in [4.78, 5) is 8.66. The molecule has 0 bridgehead atoms. The Morgan fingerprint density at radius 2 is 2.33 bits per heavy atom. The van der Waals surface area contributed by atoms with Crippen molar-refractivity contribution in [3.05, 3.63) is 15.6 Å². The largest absolute Gasteiger partial charge is 0.328 e. The van der Waals surface area contributed by atoms with E-state index in [2.05, 4.69) is 25.8 Å². The molecule has 18 heavy (non-hydrogen) atoms. The van der Waals surface area contributed by atoms with Crippen molar-refractivity contribution in [3.8, 4) is 0 Å². The Morgan fingerprint density at radius 1 is 1.56 bits per heavy atom. The van der Waals surface area contributed by atoms with Crippen molar-refractivity contribution in [1.82, 2.24) is 9.88 Å². The second kappa shape index (κ2) is 6.13. The van der Waals surface area contributed by atoms with Gasteiger partial charge in [-0.3, -0.25) is 0 Å². The van der Waals surface area contributed by atoms with Gasteiger partial charge < -0.3 is 10.6 Å². The van der Waals surface area contributed by atoms with E-state index in [1.54, 1.807) is 0 Å². The summed E-state index contributed by atoms with van der Waals surface area (Å²) in [6, 6.07) is 0.288. The number of rotatable bonds is 4. The van der Waals surface area contributed by atoms with Gasteiger partial charge in [0.25, 0.3) is 0 Å². The number of likely N-dealkylation sites (N-methyl/N-ethyl adjacent to an activating group) is 1. The maximum absolute atomic E-state index is 5.84. The molecule has 1 fully saturated rings. The van der Waals surface area contributed by atoms with Crippen molar-refractivity contribution in [3.63, 3.8) is 0 Å². The van der Waals surface area contributed by atoms with Crippen LogP contribution in [0.2, 0.25) is 0 Å². The second-order valence-electron chi connectivity index (χ2n) is 5.68. The number of thiazole rings is 1. The van der Waals surface area contributed by atoms with E-state index in [-0.39, 0.29) is 6.04 Å². The van der Waals surface area contributed by atoms with Crippen LogP contribution in [0.5, 0.6) is 0 Å². The number of nitrogens with zero attached hydrogens (tertiary/aromatic N) is 2. The predicted molar refractivity (Wildman–Crippen MR) is 78.3 cm³/mol. The summed E-state index contributed by atoms with van der Waals surface area (Å²) in [6.07, 6.45) is 4.75. The highest BCUT2D eigenvalue weighted by Crippen LogP contribution is 2.31. The number of aromatic nitrogens is 1. The SMILES string of the molecule is Cc1nc(C2CCCN(C)C2)sc1CCC(C)N. The van der Waals surface area contributed by atoms with Crippen molar-refractivity contribution in [1.29, 1.82) is 0 Å². The van der Waals surface area contributed by atoms with Crippen molar-refractivity contribution >= 4 is 11.3 Å². The summed E-state index contributed by atoms with van der Waals surface area (Å²) in [5.41, 5.74) is 7.06. The minimum absolute atomic E-state index is 0.288. The number of hydrogen-bond acceptors (Lipinski definition) is 4. The fourth-order valence-corrected chi connectivity index (χ4v) is 3.79. The van der Waals surface area contributed by atoms with E-state index < -0.39 is 0 Å². The Morgan fingerprint density at radius 3 is 3.00 bits per heavy atom. The first-order valence-electron chi connectivity index (χ1n) is 6.96. The summed E-state index contributed by atoms with van der Waals surface area (Å²) < 4.78 is 0. The van der Waals surface area contributed by atoms with Crippen LogP contribution in [0.1, 0.15) is 47.7 Å². The Bertz CT molecular complexity index is 386. The minimum atomic E-state index is 0.288. The molecule has 1 saturated heterocycles. The lowest BCUT2D eigenvalue weighted by molar-refractivity contribution is 0.250. The highest BCUT2D eigenvalue weighted by molar-refractivity contribution is 7.11. The molecule has 2 unspecified atom stereocenters. The average molecular weight is 267 g/mol. The molecule has 0 saturated carbocycles. The Kier molecular flexibility index (Phi) is 4.76. The molecule has 0 amide bonds. The summed E-state index contributed by atoms with van der Waals surface area (Å²) in [5, 5.41) is 1.35. The van der Waals surface area contributed by atoms with Crippen LogP contribution in [0.3, 0.4) is 0 Å². The normalized spacial score (nSPS) is 23.2. The first-order chi connectivity index (χ1) is 8.56. The highest BCUT2D eigenvalue weighted by Gasteiger charge is 2.22. The molecule has 0 spiro atoms. The minimum Gasteiger partial charge on any atom is -0.328 e. The van der Waals surface area contributed by atoms with Gasteiger partial charge in [0.1, 0.15) is 0 Å². The number of nitrogens with two attached hydrogens (primary N) is 1. The number of hydrogen-bond donors (Lipinski definition) is 1. The van der Waals surface area contributed by atoms with E-state index in [9.17, 15) is 0 Å². The van der Waals surface area contributed by atoms with E-state index in [0.717, 1.165) is 12.8 Å². The highest BCUT2D eigenvalue weighted by atomic mass is 32.1. The van der Waals surface area contributed by atoms with Crippen LogP contribution in [0.15, 0.2) is 0 Å². The van der Waals surface area contributed by atoms with Gasteiger partial charge in [-0.15, -0.1) is 11.3 Å². The smallest absolute Gasteiger partial charge is 0.0974 e. The fraction of sp³-hybridized carbons (Fsp3) is 0.786. The topological polar surface area (TPSA) is 42.2 Å². The molecule has 2 heterocycles. The molecule has 0 aromatic carbocycles. The molecule has 1 aromatic heterocycles. The van der Waals surface area contributed by atoms with Gasteiger partial charge >= 0.3 is 0 Å². The van der Waals surface area contributed by atoms with Crippen LogP contribution in [-0.2, 0) is 6.42 Å². The van der Waals surface area contributed by atoms with Crippen molar-refractivity contribution < 1.29 is 0 Å². The molecule has 2 N–H and O–H groups in total. The maximum atomic E-state index is 5.84. The van der Waals surface area contributed by atoms with Gasteiger partial charge in [0, 0.05) is 23.4 Å². The van der Waals surface area contributed by atoms with E-state index in [1.165, 1.54) is 41.5 Å². The van der Waals surface area contributed by atoms with Crippen LogP contribution in [0.4, 0.5) is 0 Å². The van der Waals surface area contributed by atoms with Gasteiger partial charge in [-0.1, -0.05) is 0 Å². The predicted octanol–water partition coefficient (Wildman–Crippen LogP) is 2.54. The molecule has 2 rings (SSSR count). The molecular formula is C14H25N3S. The van der Waals surface area contributed by atoms with Gasteiger partial charge in [-0.25, -0.2) is 4.98 Å². The zero-order chi connectivity index (χ0) is 13.1. The third-order valence-corrected chi connectivity index (χ3v) is 5.09. The van der Waals surface area contributed by atoms with E-state index in [1.807, 2.05) is 11.3 Å². The van der Waals surface area contributed by atoms with E-state index >= 15 is 0 Å². The van der Waals surface area contributed by atoms with Gasteiger partial charge in [0.2, 0.25) is 0 Å². The zero-order valence-corrected chi connectivity index (χ0v) is 12.6. The van der Waals surface area contributed by atoms with Crippen molar-refractivity contribution in [2.45, 2.75) is 51.5 Å². The van der Waals surface area contributed by atoms with Crippen LogP contribution in [0.25, 0.3) is 0 Å². The molecule has 1 aliphatic heterocycles. The lowest BCUT2D eigenvalue weighted by atomic mass is 9.99. The quantitative estimate of drug-likeness (QED) is 0.911. The van der Waals surface area contributed by atoms with E-state index in [4.69, 9.17) is 10.7 Å². The number of piperidine rings is 1. The van der Waals surface area contributed by atoms with Gasteiger partial charge in [-0.05, 0) is 53.1 Å². The fourth-order valence-electron chi connectivity index (χ4n) is 2.58. The van der Waals surface area contributed by atoms with Crippen LogP contribution in [-0.4, -0.2) is 36.1 Å². The van der Waals surface area contributed by atoms with Gasteiger partial charge in [0.05, 0.1) is 10.7 Å². The van der Waals surface area contributed by atoms with E-state index in [0.29, 0.717) is 5.92 Å². The molecule has 1 aliphatic rings. The lowest BCUT2D eigenvalue weighted by Gasteiger charge is -2.28. The first-order valence-corrected chi connectivity index (χ1v) is 7.78. The third kappa shape index (κ3) is 3.53. The molecule has 0 radical (unpaired) electrons. The summed E-state index contributed by atoms with van der Waals surface area (Å²) >= 11 is 1.92. The first kappa shape index (κ1) is 14.0. The Hall–Kier alpha value is -0.450. The molecule has 102 valence electrons. The molecule has 0 aliphatic carbocycles. The summed E-state index contributed by atoms with van der Waals surface area (Å²) in [6.45, 7) is 6.62. The number of likely N-dealkylation sites (tertiary alicyclic amines) is 1. The standard InChI is InChI=1S/C14H25N3S/c1-10(15)6-7-13-11(2)16-14(18-13)12-5-4-8-17(3)9-12/h10,12H,4-9,15H2,1-3H3. The van der Waals surface area contributed by atoms with Gasteiger partial charge in [-0.2, -0.15) is 0 Å². The maximum Gasteiger partial charge on any atom is 0.0974 e. The van der Waals surface area contributed by atoms with Gasteiger partial charge in [0.15, 0.2) is 0 Å². The van der Waals surface area contributed by atoms with Crippen LogP contribution < -0.4 is 5.73 Å². The zero-order valence-electron chi connectivity index (χ0n) is 11.8. The molecule has 2 atom stereocenters. The second-order valence-corrected chi connectivity index (χ2v) is 6.79. The summed E-state index contributed by atoms with van der Waals surface area (Å²) in [5.74, 6) is 0.650. The molecule has 4 heteroatoms. The van der Waals surface area contributed by atoms with Crippen LogP contribution >= 0.6 is 11.3 Å². The van der Waals surface area contributed by atoms with Crippen molar-refractivity contribution in [2.24, 2.45) is 5.73 Å². The third-order valence-electron chi connectivity index (χ3n) is 3.71. The lowest BCUT2D eigenvalue weighted by Crippen LogP contribution is -2.30. The Labute approximate surface area is 114 Å². The van der Waals surface area contributed by atoms with Crippen molar-refractivity contribution in [2.75, 3.05) is 20.1 Å².